The van der Waals surface area contributed by atoms with Crippen LogP contribution >= 0.6 is 11.3 Å². The summed E-state index contributed by atoms with van der Waals surface area (Å²) in [5.74, 6) is 0.597. The summed E-state index contributed by atoms with van der Waals surface area (Å²) in [6.45, 7) is 0. The maximum Gasteiger partial charge on any atom is 0.149 e. The molecule has 0 bridgehead atoms. The van der Waals surface area contributed by atoms with Gasteiger partial charge in [-0.3, -0.25) is 0 Å². The zero-order valence-corrected chi connectivity index (χ0v) is 13.5. The SMILES string of the molecule is N#C/C(=C\c1ccccc1-c1cccs1)c1nc2ccccc2[nH]1. The van der Waals surface area contributed by atoms with Crippen LogP contribution < -0.4 is 0 Å². The largest absolute Gasteiger partial charge is 0.337 e. The third-order valence-corrected chi connectivity index (χ3v) is 4.72. The van der Waals surface area contributed by atoms with Gasteiger partial charge in [-0.05, 0) is 40.8 Å². The van der Waals surface area contributed by atoms with Crippen molar-refractivity contribution in [2.45, 2.75) is 0 Å². The Hall–Kier alpha value is -3.16. The molecular weight excluding hydrogens is 314 g/mol. The van der Waals surface area contributed by atoms with E-state index in [4.69, 9.17) is 0 Å². The molecule has 0 atom stereocenters. The maximum atomic E-state index is 9.61. The number of fused-ring (bicyclic) bond motifs is 1. The number of benzene rings is 2. The van der Waals surface area contributed by atoms with E-state index in [2.05, 4.69) is 33.5 Å². The fourth-order valence-electron chi connectivity index (χ4n) is 2.67. The molecule has 0 unspecified atom stereocenters. The first kappa shape index (κ1) is 14.4. The lowest BCUT2D eigenvalue weighted by Crippen LogP contribution is -1.86. The van der Waals surface area contributed by atoms with Gasteiger partial charge in [0.05, 0.1) is 16.6 Å². The van der Waals surface area contributed by atoms with Crippen molar-refractivity contribution in [1.82, 2.24) is 9.97 Å². The molecule has 2 heterocycles. The number of allylic oxidation sites excluding steroid dienone is 1. The van der Waals surface area contributed by atoms with E-state index >= 15 is 0 Å². The minimum absolute atomic E-state index is 0.523. The molecule has 0 aliphatic rings. The molecule has 0 saturated heterocycles. The molecule has 1 N–H and O–H groups in total. The van der Waals surface area contributed by atoms with Crippen molar-refractivity contribution in [3.63, 3.8) is 0 Å². The predicted octanol–water partition coefficient (Wildman–Crippen LogP) is 5.36. The fraction of sp³-hybridized carbons (Fsp3) is 0. The summed E-state index contributed by atoms with van der Waals surface area (Å²) in [5, 5.41) is 11.7. The number of nitrogens with one attached hydrogen (secondary N) is 1. The Bertz CT molecular complexity index is 1030. The molecular formula is C20H13N3S. The molecule has 3 nitrogen and oxygen atoms in total. The van der Waals surface area contributed by atoms with Gasteiger partial charge in [0.1, 0.15) is 11.9 Å². The van der Waals surface area contributed by atoms with E-state index in [1.807, 2.05) is 54.6 Å². The predicted molar refractivity (Wildman–Crippen MR) is 99.3 cm³/mol. The number of hydrogen-bond donors (Lipinski definition) is 1. The molecule has 0 aliphatic carbocycles. The van der Waals surface area contributed by atoms with Crippen molar-refractivity contribution in [2.75, 3.05) is 0 Å². The van der Waals surface area contributed by atoms with E-state index in [9.17, 15) is 5.26 Å². The van der Waals surface area contributed by atoms with E-state index in [1.54, 1.807) is 11.3 Å². The number of thiophene rings is 1. The van der Waals surface area contributed by atoms with Gasteiger partial charge in [0.25, 0.3) is 0 Å². The Morgan fingerprint density at radius 1 is 1.04 bits per heavy atom. The average molecular weight is 327 g/mol. The van der Waals surface area contributed by atoms with Gasteiger partial charge < -0.3 is 4.98 Å². The van der Waals surface area contributed by atoms with Crippen LogP contribution in [0.1, 0.15) is 11.4 Å². The second kappa shape index (κ2) is 6.15. The number of nitriles is 1. The lowest BCUT2D eigenvalue weighted by atomic mass is 10.0. The number of nitrogens with zero attached hydrogens (tertiary/aromatic N) is 2. The number of rotatable bonds is 3. The number of imidazole rings is 1. The first-order chi connectivity index (χ1) is 11.8. The van der Waals surface area contributed by atoms with Crippen LogP contribution in [0.2, 0.25) is 0 Å². The van der Waals surface area contributed by atoms with Crippen LogP contribution in [0.4, 0.5) is 0 Å². The van der Waals surface area contributed by atoms with E-state index in [0.717, 1.165) is 22.2 Å². The van der Waals surface area contributed by atoms with Crippen LogP contribution in [0.25, 0.3) is 33.1 Å². The van der Waals surface area contributed by atoms with Gasteiger partial charge >= 0.3 is 0 Å². The van der Waals surface area contributed by atoms with Crippen molar-refractivity contribution in [2.24, 2.45) is 0 Å². The van der Waals surface area contributed by atoms with Gasteiger partial charge in [0, 0.05) is 4.88 Å². The van der Waals surface area contributed by atoms with Crippen molar-refractivity contribution < 1.29 is 0 Å². The Morgan fingerprint density at radius 2 is 1.88 bits per heavy atom. The maximum absolute atomic E-state index is 9.61. The van der Waals surface area contributed by atoms with Crippen LogP contribution in [0.15, 0.2) is 66.0 Å². The third-order valence-electron chi connectivity index (χ3n) is 3.81. The minimum Gasteiger partial charge on any atom is -0.337 e. The molecule has 2 aromatic heterocycles. The standard InChI is InChI=1S/C20H13N3S/c21-13-15(20-22-17-8-3-4-9-18(17)23-20)12-14-6-1-2-7-16(14)19-10-5-11-24-19/h1-12H,(H,22,23)/b15-12+. The second-order valence-electron chi connectivity index (χ2n) is 5.34. The molecule has 0 fully saturated rings. The molecule has 4 rings (SSSR count). The quantitative estimate of drug-likeness (QED) is 0.515. The highest BCUT2D eigenvalue weighted by Crippen LogP contribution is 2.30. The molecule has 114 valence electrons. The first-order valence-electron chi connectivity index (χ1n) is 7.55. The van der Waals surface area contributed by atoms with Crippen LogP contribution in [0, 0.1) is 11.3 Å². The van der Waals surface area contributed by atoms with Crippen LogP contribution in [-0.2, 0) is 0 Å². The Morgan fingerprint density at radius 3 is 2.67 bits per heavy atom. The van der Waals surface area contributed by atoms with Crippen LogP contribution in [0.3, 0.4) is 0 Å². The van der Waals surface area contributed by atoms with Crippen molar-refractivity contribution in [1.29, 1.82) is 5.26 Å². The summed E-state index contributed by atoms with van der Waals surface area (Å²) in [4.78, 5) is 8.93. The van der Waals surface area contributed by atoms with E-state index in [-0.39, 0.29) is 0 Å². The summed E-state index contributed by atoms with van der Waals surface area (Å²) in [6.07, 6.45) is 1.90. The Labute approximate surface area is 143 Å². The van der Waals surface area contributed by atoms with Gasteiger partial charge in [-0.2, -0.15) is 5.26 Å². The molecule has 0 radical (unpaired) electrons. The fourth-order valence-corrected chi connectivity index (χ4v) is 3.44. The van der Waals surface area contributed by atoms with Crippen molar-refractivity contribution >= 4 is 34.0 Å². The van der Waals surface area contributed by atoms with Crippen LogP contribution in [0.5, 0.6) is 0 Å². The molecule has 0 spiro atoms. The number of para-hydroxylation sites is 2. The summed E-state index contributed by atoms with van der Waals surface area (Å²) in [7, 11) is 0. The highest BCUT2D eigenvalue weighted by Gasteiger charge is 2.10. The normalized spacial score (nSPS) is 11.5. The molecule has 4 heteroatoms. The van der Waals surface area contributed by atoms with Gasteiger partial charge in [0.2, 0.25) is 0 Å². The Kier molecular flexibility index (Phi) is 3.70. The zero-order chi connectivity index (χ0) is 16.4. The molecule has 2 aromatic carbocycles. The van der Waals surface area contributed by atoms with Crippen LogP contribution in [-0.4, -0.2) is 9.97 Å². The molecule has 4 aromatic rings. The minimum atomic E-state index is 0.523. The third kappa shape index (κ3) is 2.62. The second-order valence-corrected chi connectivity index (χ2v) is 6.28. The molecule has 0 amide bonds. The van der Waals surface area contributed by atoms with Gasteiger partial charge in [0.15, 0.2) is 0 Å². The number of H-pyrrole nitrogens is 1. The zero-order valence-electron chi connectivity index (χ0n) is 12.7. The topological polar surface area (TPSA) is 52.5 Å². The lowest BCUT2D eigenvalue weighted by molar-refractivity contribution is 1.27. The molecule has 0 saturated carbocycles. The first-order valence-corrected chi connectivity index (χ1v) is 8.43. The summed E-state index contributed by atoms with van der Waals surface area (Å²) < 4.78 is 0. The lowest BCUT2D eigenvalue weighted by Gasteiger charge is -2.04. The number of aromatic amines is 1. The van der Waals surface area contributed by atoms with Crippen molar-refractivity contribution in [3.8, 4) is 16.5 Å². The monoisotopic (exact) mass is 327 g/mol. The van der Waals surface area contributed by atoms with Gasteiger partial charge in [-0.1, -0.05) is 42.5 Å². The molecule has 24 heavy (non-hydrogen) atoms. The van der Waals surface area contributed by atoms with Gasteiger partial charge in [-0.25, -0.2) is 4.98 Å². The van der Waals surface area contributed by atoms with E-state index < -0.39 is 0 Å². The van der Waals surface area contributed by atoms with E-state index in [1.165, 1.54) is 4.88 Å². The summed E-state index contributed by atoms with van der Waals surface area (Å²) >= 11 is 1.69. The molecule has 0 aliphatic heterocycles. The highest BCUT2D eigenvalue weighted by atomic mass is 32.1. The van der Waals surface area contributed by atoms with Crippen molar-refractivity contribution in [3.05, 3.63) is 77.4 Å². The van der Waals surface area contributed by atoms with E-state index in [0.29, 0.717) is 11.4 Å². The Balaban J connectivity index is 1.83. The highest BCUT2D eigenvalue weighted by molar-refractivity contribution is 7.13. The number of aromatic nitrogens is 2. The summed E-state index contributed by atoms with van der Waals surface area (Å²) in [5.41, 5.74) is 4.45. The smallest absolute Gasteiger partial charge is 0.149 e. The summed E-state index contributed by atoms with van der Waals surface area (Å²) in [6, 6.07) is 22.3. The average Bonchev–Trinajstić information content (AvgIpc) is 3.29. The van der Waals surface area contributed by atoms with Gasteiger partial charge in [-0.15, -0.1) is 11.3 Å². The number of hydrogen-bond acceptors (Lipinski definition) is 3.